The zero-order valence-corrected chi connectivity index (χ0v) is 10.4. The fourth-order valence-electron chi connectivity index (χ4n) is 1.60. The third-order valence-corrected chi connectivity index (χ3v) is 4.54. The van der Waals surface area contributed by atoms with Gasteiger partial charge in [0.05, 0.1) is 25.2 Å². The van der Waals surface area contributed by atoms with Crippen LogP contribution in [-0.2, 0) is 14.7 Å². The molecule has 1 fully saturated rings. The second-order valence-electron chi connectivity index (χ2n) is 3.60. The highest BCUT2D eigenvalue weighted by Crippen LogP contribution is 2.18. The summed E-state index contributed by atoms with van der Waals surface area (Å²) < 4.78 is 32.1. The van der Waals surface area contributed by atoms with E-state index in [0.717, 1.165) is 0 Å². The van der Waals surface area contributed by atoms with Crippen molar-refractivity contribution in [1.29, 1.82) is 4.78 Å². The lowest BCUT2D eigenvalue weighted by Gasteiger charge is -2.28. The summed E-state index contributed by atoms with van der Waals surface area (Å²) in [6.45, 7) is 2.04. The van der Waals surface area contributed by atoms with Crippen LogP contribution in [-0.4, -0.2) is 46.9 Å². The van der Waals surface area contributed by atoms with Crippen LogP contribution in [0.25, 0.3) is 0 Å². The summed E-state index contributed by atoms with van der Waals surface area (Å²) in [6, 6.07) is 3.24. The summed E-state index contributed by atoms with van der Waals surface area (Å²) in [5, 5.41) is 0. The Morgan fingerprint density at radius 1 is 1.47 bits per heavy atom. The van der Waals surface area contributed by atoms with E-state index in [-0.39, 0.29) is 0 Å². The molecular formula is C10H15N3O3S. The van der Waals surface area contributed by atoms with Gasteiger partial charge in [-0.05, 0) is 6.07 Å². The van der Waals surface area contributed by atoms with Gasteiger partial charge in [0, 0.05) is 25.4 Å². The number of hydrogen-bond donors (Lipinski definition) is 1. The van der Waals surface area contributed by atoms with Crippen molar-refractivity contribution in [2.75, 3.05) is 33.4 Å². The highest BCUT2D eigenvalue weighted by molar-refractivity contribution is 7.90. The van der Waals surface area contributed by atoms with Gasteiger partial charge in [0.1, 0.15) is 9.92 Å². The number of ether oxygens (including phenoxy) is 2. The molecule has 17 heavy (non-hydrogen) atoms. The average molecular weight is 257 g/mol. The molecule has 1 aromatic rings. The average Bonchev–Trinajstić information content (AvgIpc) is 2.40. The van der Waals surface area contributed by atoms with E-state index in [1.165, 1.54) is 13.3 Å². The van der Waals surface area contributed by atoms with E-state index >= 15 is 0 Å². The summed E-state index contributed by atoms with van der Waals surface area (Å²) in [4.78, 5) is 4.38. The molecule has 1 N–H and O–H groups in total. The molecule has 94 valence electrons. The maximum atomic E-state index is 12.4. The van der Waals surface area contributed by atoms with Gasteiger partial charge in [-0.3, -0.25) is 0 Å². The molecule has 0 spiro atoms. The molecule has 0 saturated carbocycles. The normalized spacial score (nSPS) is 20.8. The van der Waals surface area contributed by atoms with Crippen molar-refractivity contribution in [3.8, 4) is 5.88 Å². The van der Waals surface area contributed by atoms with E-state index in [2.05, 4.69) is 4.98 Å². The van der Waals surface area contributed by atoms with E-state index in [9.17, 15) is 4.21 Å². The van der Waals surface area contributed by atoms with Crippen LogP contribution in [0.2, 0.25) is 0 Å². The van der Waals surface area contributed by atoms with Crippen LogP contribution in [0.3, 0.4) is 0 Å². The van der Waals surface area contributed by atoms with E-state index in [1.54, 1.807) is 16.4 Å². The Morgan fingerprint density at radius 3 is 2.71 bits per heavy atom. The van der Waals surface area contributed by atoms with E-state index < -0.39 is 9.92 Å². The molecule has 1 aromatic heterocycles. The van der Waals surface area contributed by atoms with Crippen LogP contribution < -0.4 is 4.74 Å². The Labute approximate surface area is 101 Å². The maximum absolute atomic E-state index is 12.4. The van der Waals surface area contributed by atoms with Gasteiger partial charge < -0.3 is 9.47 Å². The van der Waals surface area contributed by atoms with Crippen molar-refractivity contribution in [2.45, 2.75) is 4.90 Å². The number of nitrogens with zero attached hydrogens (tertiary/aromatic N) is 2. The van der Waals surface area contributed by atoms with Crippen LogP contribution in [0.4, 0.5) is 0 Å². The van der Waals surface area contributed by atoms with E-state index in [0.29, 0.717) is 37.1 Å². The van der Waals surface area contributed by atoms with Crippen molar-refractivity contribution < 1.29 is 13.7 Å². The van der Waals surface area contributed by atoms with Crippen LogP contribution >= 0.6 is 0 Å². The number of aromatic nitrogens is 1. The third-order valence-electron chi connectivity index (χ3n) is 2.57. The van der Waals surface area contributed by atoms with E-state index in [4.69, 9.17) is 14.3 Å². The minimum Gasteiger partial charge on any atom is -0.481 e. The lowest BCUT2D eigenvalue weighted by atomic mass is 10.5. The fourth-order valence-corrected chi connectivity index (χ4v) is 3.01. The molecule has 2 heterocycles. The molecule has 0 radical (unpaired) electrons. The first-order valence-corrected chi connectivity index (χ1v) is 6.78. The molecule has 1 aliphatic heterocycles. The number of rotatable bonds is 3. The molecule has 0 amide bonds. The fraction of sp³-hybridized carbons (Fsp3) is 0.500. The second kappa shape index (κ2) is 4.99. The molecule has 0 bridgehead atoms. The standard InChI is InChI=1S/C10H15N3O3S/c1-15-10-3-2-9(8-12-10)17(11,14)13-4-6-16-7-5-13/h2-3,8,11H,4-7H2,1H3. The van der Waals surface area contributed by atoms with Gasteiger partial charge in [0.15, 0.2) is 0 Å². The first-order chi connectivity index (χ1) is 8.14. The molecule has 1 atom stereocenters. The van der Waals surface area contributed by atoms with Crippen molar-refractivity contribution in [1.82, 2.24) is 9.29 Å². The molecule has 1 aliphatic rings. The van der Waals surface area contributed by atoms with Crippen molar-refractivity contribution in [3.63, 3.8) is 0 Å². The minimum atomic E-state index is -2.95. The van der Waals surface area contributed by atoms with Crippen molar-refractivity contribution >= 4 is 9.92 Å². The summed E-state index contributed by atoms with van der Waals surface area (Å²) >= 11 is 0. The van der Waals surface area contributed by atoms with Gasteiger partial charge in [0.25, 0.3) is 0 Å². The molecule has 0 aromatic carbocycles. The molecule has 2 rings (SSSR count). The lowest BCUT2D eigenvalue weighted by molar-refractivity contribution is 0.0743. The van der Waals surface area contributed by atoms with Gasteiger partial charge in [-0.25, -0.2) is 18.3 Å². The highest BCUT2D eigenvalue weighted by Gasteiger charge is 2.23. The monoisotopic (exact) mass is 257 g/mol. The SMILES string of the molecule is COc1ccc(S(=N)(=O)N2CCOCC2)cn1. The Morgan fingerprint density at radius 2 is 2.18 bits per heavy atom. The van der Waals surface area contributed by atoms with Crippen LogP contribution in [0.5, 0.6) is 5.88 Å². The summed E-state index contributed by atoms with van der Waals surface area (Å²) in [6.07, 6.45) is 1.43. The highest BCUT2D eigenvalue weighted by atomic mass is 32.2. The summed E-state index contributed by atoms with van der Waals surface area (Å²) in [5.74, 6) is 0.450. The molecule has 7 heteroatoms. The van der Waals surface area contributed by atoms with Crippen LogP contribution in [0.1, 0.15) is 0 Å². The molecule has 1 unspecified atom stereocenters. The quantitative estimate of drug-likeness (QED) is 0.866. The molecule has 6 nitrogen and oxygen atoms in total. The lowest BCUT2D eigenvalue weighted by Crippen LogP contribution is -2.40. The zero-order chi connectivity index (χ0) is 12.3. The van der Waals surface area contributed by atoms with Gasteiger partial charge in [0.2, 0.25) is 5.88 Å². The van der Waals surface area contributed by atoms with Gasteiger partial charge >= 0.3 is 0 Å². The largest absolute Gasteiger partial charge is 0.481 e. The van der Waals surface area contributed by atoms with Crippen LogP contribution in [0, 0.1) is 4.78 Å². The molecular weight excluding hydrogens is 242 g/mol. The van der Waals surface area contributed by atoms with Gasteiger partial charge in [-0.1, -0.05) is 0 Å². The summed E-state index contributed by atoms with van der Waals surface area (Å²) in [7, 11) is -1.44. The molecule has 1 saturated heterocycles. The maximum Gasteiger partial charge on any atom is 0.212 e. The zero-order valence-electron chi connectivity index (χ0n) is 9.59. The number of pyridine rings is 1. The smallest absolute Gasteiger partial charge is 0.212 e. The third kappa shape index (κ3) is 2.56. The summed E-state index contributed by atoms with van der Waals surface area (Å²) in [5.41, 5.74) is 0. The Kier molecular flexibility index (Phi) is 3.60. The Hall–Kier alpha value is -1.18. The first-order valence-electron chi connectivity index (χ1n) is 5.26. The number of hydrogen-bond acceptors (Lipinski definition) is 5. The predicted octanol–water partition coefficient (Wildman–Crippen LogP) is 0.743. The number of methoxy groups -OCH3 is 1. The number of morpholine rings is 1. The predicted molar refractivity (Wildman–Crippen MR) is 62.3 cm³/mol. The van der Waals surface area contributed by atoms with Crippen LogP contribution in [0.15, 0.2) is 23.2 Å². The Balaban J connectivity index is 2.23. The topological polar surface area (TPSA) is 75.5 Å². The van der Waals surface area contributed by atoms with Gasteiger partial charge in [-0.15, -0.1) is 0 Å². The second-order valence-corrected chi connectivity index (χ2v) is 5.64. The van der Waals surface area contributed by atoms with E-state index in [1.807, 2.05) is 0 Å². The minimum absolute atomic E-state index is 0.403. The van der Waals surface area contributed by atoms with Crippen molar-refractivity contribution in [3.05, 3.63) is 18.3 Å². The first kappa shape index (κ1) is 12.3. The van der Waals surface area contributed by atoms with Crippen molar-refractivity contribution in [2.24, 2.45) is 0 Å². The Bertz CT molecular complexity index is 466. The number of nitrogens with one attached hydrogen (secondary N) is 1. The van der Waals surface area contributed by atoms with Gasteiger partial charge in [-0.2, -0.15) is 0 Å². The molecule has 0 aliphatic carbocycles.